The van der Waals surface area contributed by atoms with Crippen molar-refractivity contribution in [2.45, 2.75) is 12.8 Å². The van der Waals surface area contributed by atoms with Crippen molar-refractivity contribution in [3.8, 4) is 11.5 Å². The number of hydrogen-bond acceptors (Lipinski definition) is 8. The monoisotopic (exact) mass is 548 g/mol. The highest BCUT2D eigenvalue weighted by molar-refractivity contribution is 8.03. The molecule has 32 heavy (non-hydrogen) atoms. The molecule has 0 N–H and O–H groups in total. The van der Waals surface area contributed by atoms with Gasteiger partial charge in [0, 0.05) is 46.0 Å². The van der Waals surface area contributed by atoms with Crippen LogP contribution in [0.15, 0.2) is 36.4 Å². The van der Waals surface area contributed by atoms with E-state index in [9.17, 15) is 0 Å². The highest BCUT2D eigenvalue weighted by atomic mass is 32.2. The fourth-order valence-corrected chi connectivity index (χ4v) is 7.30. The van der Waals surface area contributed by atoms with Gasteiger partial charge in [0.25, 0.3) is 0 Å². The molecule has 2 rings (SSSR count). The van der Waals surface area contributed by atoms with Crippen LogP contribution in [0.3, 0.4) is 0 Å². The summed E-state index contributed by atoms with van der Waals surface area (Å²) in [7, 11) is 0. The summed E-state index contributed by atoms with van der Waals surface area (Å²) >= 11 is 16.5. The van der Waals surface area contributed by atoms with E-state index in [1.165, 1.54) is 28.4 Å². The van der Waals surface area contributed by atoms with E-state index in [0.29, 0.717) is 0 Å². The van der Waals surface area contributed by atoms with Crippen LogP contribution in [0.25, 0.3) is 10.8 Å². The fraction of sp³-hybridized carbons (Fsp3) is 0.583. The summed E-state index contributed by atoms with van der Waals surface area (Å²) in [5, 5.41) is 2.33. The smallest absolute Gasteiger partial charge is 0.130 e. The highest BCUT2D eigenvalue weighted by Crippen LogP contribution is 2.31. The number of thiol groups is 2. The zero-order chi connectivity index (χ0) is 22.7. The number of rotatable bonds is 20. The molecule has 180 valence electrons. The summed E-state index contributed by atoms with van der Waals surface area (Å²) in [6, 6.07) is 12.6. The maximum Gasteiger partial charge on any atom is 0.130 e. The Hall–Kier alpha value is 0.400. The molecule has 0 aromatic heterocycles. The van der Waals surface area contributed by atoms with Crippen molar-refractivity contribution in [3.05, 3.63) is 36.4 Å². The van der Waals surface area contributed by atoms with Crippen LogP contribution < -0.4 is 9.47 Å². The summed E-state index contributed by atoms with van der Waals surface area (Å²) in [6.07, 6.45) is 2.12. The normalized spacial score (nSPS) is 11.2. The van der Waals surface area contributed by atoms with E-state index in [-0.39, 0.29) is 0 Å². The third-order valence-corrected chi connectivity index (χ3v) is 10.1. The minimum atomic E-state index is 0.742. The lowest BCUT2D eigenvalue weighted by Gasteiger charge is -2.13. The second-order valence-corrected chi connectivity index (χ2v) is 12.7. The van der Waals surface area contributed by atoms with Crippen molar-refractivity contribution >= 4 is 83.1 Å². The molecule has 0 saturated heterocycles. The van der Waals surface area contributed by atoms with Crippen LogP contribution in [-0.4, -0.2) is 70.7 Å². The summed E-state index contributed by atoms with van der Waals surface area (Å²) in [5.74, 6) is 13.2. The predicted octanol–water partition coefficient (Wildman–Crippen LogP) is 7.17. The molecule has 8 heteroatoms. The molecule has 2 aromatic rings. The van der Waals surface area contributed by atoms with Gasteiger partial charge >= 0.3 is 0 Å². The Morgan fingerprint density at radius 3 is 1.81 bits per heavy atom. The Balaban J connectivity index is 1.70. The van der Waals surface area contributed by atoms with Crippen molar-refractivity contribution in [3.63, 3.8) is 0 Å². The van der Waals surface area contributed by atoms with Crippen molar-refractivity contribution < 1.29 is 9.47 Å². The summed E-state index contributed by atoms with van der Waals surface area (Å²) < 4.78 is 12.2. The van der Waals surface area contributed by atoms with Gasteiger partial charge in [-0.2, -0.15) is 72.3 Å². The minimum absolute atomic E-state index is 0.742. The van der Waals surface area contributed by atoms with Gasteiger partial charge in [-0.05, 0) is 47.3 Å². The largest absolute Gasteiger partial charge is 0.493 e. The lowest BCUT2D eigenvalue weighted by Crippen LogP contribution is -2.02. The number of ether oxygens (including phenoxy) is 2. The lowest BCUT2D eigenvalue weighted by molar-refractivity contribution is 0.305. The van der Waals surface area contributed by atoms with Crippen LogP contribution in [0.2, 0.25) is 0 Å². The van der Waals surface area contributed by atoms with Crippen LogP contribution >= 0.6 is 72.3 Å². The first kappa shape index (κ1) is 28.6. The Morgan fingerprint density at radius 2 is 1.19 bits per heavy atom. The topological polar surface area (TPSA) is 18.5 Å². The summed E-state index contributed by atoms with van der Waals surface area (Å²) in [6.45, 7) is 1.49. The van der Waals surface area contributed by atoms with Crippen molar-refractivity contribution in [2.24, 2.45) is 0 Å². The predicted molar refractivity (Wildman–Crippen MR) is 161 cm³/mol. The molecule has 0 aliphatic carbocycles. The van der Waals surface area contributed by atoms with Crippen molar-refractivity contribution in [2.75, 3.05) is 70.7 Å². The molecule has 0 radical (unpaired) electrons. The Labute approximate surface area is 222 Å². The van der Waals surface area contributed by atoms with Gasteiger partial charge < -0.3 is 9.47 Å². The van der Waals surface area contributed by atoms with Crippen LogP contribution in [0.1, 0.15) is 12.8 Å². The summed E-state index contributed by atoms with van der Waals surface area (Å²) in [5.41, 5.74) is 0. The number of thioether (sulfide) groups is 4. The molecule has 0 atom stereocenters. The van der Waals surface area contributed by atoms with E-state index in [0.717, 1.165) is 77.5 Å². The first-order valence-corrected chi connectivity index (χ1v) is 17.0. The van der Waals surface area contributed by atoms with E-state index in [4.69, 9.17) is 9.47 Å². The SMILES string of the molecule is SCCSCCSCCCOc1cc(OCCCSCCSCCS)c2ccccc2c1. The van der Waals surface area contributed by atoms with Crippen molar-refractivity contribution in [1.82, 2.24) is 0 Å². The van der Waals surface area contributed by atoms with E-state index < -0.39 is 0 Å². The number of hydrogen-bond donors (Lipinski definition) is 2. The molecule has 2 nitrogen and oxygen atoms in total. The standard InChI is InChI=1S/C24H36O2S6/c27-9-13-31-17-15-29-11-3-7-25-22-19-21-5-1-2-6-23(21)24(20-22)26-8-4-12-30-16-18-32-14-10-28/h1-2,5-6,19-20,27-28H,3-4,7-18H2. The highest BCUT2D eigenvalue weighted by Gasteiger charge is 2.06. The Kier molecular flexibility index (Phi) is 17.6. The molecule has 0 aliphatic heterocycles. The van der Waals surface area contributed by atoms with Gasteiger partial charge in [-0.1, -0.05) is 24.3 Å². The molecule has 0 spiro atoms. The lowest BCUT2D eigenvalue weighted by atomic mass is 10.1. The third-order valence-electron chi connectivity index (χ3n) is 4.40. The quantitative estimate of drug-likeness (QED) is 0.134. The zero-order valence-corrected chi connectivity index (χ0v) is 23.8. The summed E-state index contributed by atoms with van der Waals surface area (Å²) in [4.78, 5) is 0. The molecular formula is C24H36O2S6. The molecular weight excluding hydrogens is 513 g/mol. The van der Waals surface area contributed by atoms with E-state index in [1.54, 1.807) is 0 Å². The molecule has 0 unspecified atom stereocenters. The third kappa shape index (κ3) is 12.7. The Bertz CT molecular complexity index is 731. The average molecular weight is 549 g/mol. The van der Waals surface area contributed by atoms with Gasteiger partial charge in [0.05, 0.1) is 13.2 Å². The van der Waals surface area contributed by atoms with E-state index in [1.807, 2.05) is 47.0 Å². The molecule has 2 aromatic carbocycles. The first-order chi connectivity index (χ1) is 15.8. The molecule has 0 heterocycles. The second-order valence-electron chi connectivity index (χ2n) is 6.94. The van der Waals surface area contributed by atoms with Crippen LogP contribution in [-0.2, 0) is 0 Å². The maximum atomic E-state index is 6.18. The van der Waals surface area contributed by atoms with Gasteiger partial charge in [-0.25, -0.2) is 0 Å². The average Bonchev–Trinajstić information content (AvgIpc) is 2.82. The van der Waals surface area contributed by atoms with Gasteiger partial charge in [0.15, 0.2) is 0 Å². The zero-order valence-electron chi connectivity index (χ0n) is 18.7. The first-order valence-electron chi connectivity index (χ1n) is 11.2. The number of fused-ring (bicyclic) bond motifs is 1. The maximum absolute atomic E-state index is 6.18. The van der Waals surface area contributed by atoms with Crippen molar-refractivity contribution in [1.29, 1.82) is 0 Å². The van der Waals surface area contributed by atoms with Gasteiger partial charge in [-0.3, -0.25) is 0 Å². The van der Waals surface area contributed by atoms with E-state index >= 15 is 0 Å². The van der Waals surface area contributed by atoms with Gasteiger partial charge in [0.1, 0.15) is 11.5 Å². The molecule has 0 fully saturated rings. The van der Waals surface area contributed by atoms with E-state index in [2.05, 4.69) is 61.7 Å². The molecule has 0 amide bonds. The Morgan fingerprint density at radius 1 is 0.625 bits per heavy atom. The minimum Gasteiger partial charge on any atom is -0.493 e. The van der Waals surface area contributed by atoms with Gasteiger partial charge in [0.2, 0.25) is 0 Å². The van der Waals surface area contributed by atoms with Crippen LogP contribution in [0.5, 0.6) is 11.5 Å². The van der Waals surface area contributed by atoms with Gasteiger partial charge in [-0.15, -0.1) is 0 Å². The van der Waals surface area contributed by atoms with Crippen LogP contribution in [0.4, 0.5) is 0 Å². The molecule has 0 saturated carbocycles. The fourth-order valence-electron chi connectivity index (χ4n) is 2.92. The van der Waals surface area contributed by atoms with Crippen LogP contribution in [0, 0.1) is 0 Å². The number of benzene rings is 2. The second kappa shape index (κ2) is 19.7. The molecule has 0 bridgehead atoms. The molecule has 0 aliphatic rings.